The van der Waals surface area contributed by atoms with E-state index in [1.807, 2.05) is 41.9 Å². The third-order valence-corrected chi connectivity index (χ3v) is 3.27. The van der Waals surface area contributed by atoms with E-state index in [0.717, 1.165) is 16.9 Å². The van der Waals surface area contributed by atoms with E-state index < -0.39 is 5.82 Å². The topological polar surface area (TPSA) is 52.5 Å². The van der Waals surface area contributed by atoms with Crippen molar-refractivity contribution in [2.75, 3.05) is 0 Å². The summed E-state index contributed by atoms with van der Waals surface area (Å²) in [4.78, 5) is 4.40. The summed E-state index contributed by atoms with van der Waals surface area (Å²) in [6, 6.07) is 10.3. The molecule has 3 rings (SSSR count). The molecule has 0 aliphatic rings. The van der Waals surface area contributed by atoms with Crippen molar-refractivity contribution >= 4 is 5.65 Å². The Morgan fingerprint density at radius 3 is 2.90 bits per heavy atom. The largest absolute Gasteiger partial charge is 0.484 e. The second-order valence-electron chi connectivity index (χ2n) is 4.97. The van der Waals surface area contributed by atoms with Crippen LogP contribution in [0.15, 0.2) is 48.8 Å². The fourth-order valence-electron chi connectivity index (χ4n) is 2.13. The van der Waals surface area contributed by atoms with Crippen molar-refractivity contribution in [1.29, 1.82) is 0 Å². The Kier molecular flexibility index (Phi) is 3.58. The summed E-state index contributed by atoms with van der Waals surface area (Å²) in [7, 11) is 0. The summed E-state index contributed by atoms with van der Waals surface area (Å²) in [6.07, 6.45) is 3.77. The standard InChI is InChI=1S/C16H16FN3O/c1-11(18)12-5-6-15(14(17)8-12)21-10-13-9-20-7-3-2-4-16(20)19-13/h2-9,11H,10,18H2,1H3/t11-/m0/s1. The van der Waals surface area contributed by atoms with Crippen molar-refractivity contribution in [2.45, 2.75) is 19.6 Å². The zero-order chi connectivity index (χ0) is 14.8. The number of nitrogens with two attached hydrogens (primary N) is 1. The van der Waals surface area contributed by atoms with Gasteiger partial charge in [0.25, 0.3) is 0 Å². The van der Waals surface area contributed by atoms with Gasteiger partial charge in [0.15, 0.2) is 11.6 Å². The Hall–Kier alpha value is -2.40. The van der Waals surface area contributed by atoms with Gasteiger partial charge in [-0.25, -0.2) is 9.37 Å². The number of imidazole rings is 1. The molecule has 2 N–H and O–H groups in total. The van der Waals surface area contributed by atoms with Crippen molar-refractivity contribution in [3.05, 3.63) is 65.9 Å². The van der Waals surface area contributed by atoms with Gasteiger partial charge in [0.1, 0.15) is 12.3 Å². The average Bonchev–Trinajstić information content (AvgIpc) is 2.88. The molecule has 2 heterocycles. The lowest BCUT2D eigenvalue weighted by atomic mass is 10.1. The van der Waals surface area contributed by atoms with Crippen molar-refractivity contribution in [3.63, 3.8) is 0 Å². The molecule has 4 nitrogen and oxygen atoms in total. The molecule has 0 unspecified atom stereocenters. The number of halogens is 1. The monoisotopic (exact) mass is 285 g/mol. The van der Waals surface area contributed by atoms with Crippen LogP contribution in [0.1, 0.15) is 24.2 Å². The third-order valence-electron chi connectivity index (χ3n) is 3.27. The van der Waals surface area contributed by atoms with Crippen LogP contribution in [0, 0.1) is 5.82 Å². The highest BCUT2D eigenvalue weighted by Crippen LogP contribution is 2.22. The van der Waals surface area contributed by atoms with Crippen molar-refractivity contribution < 1.29 is 9.13 Å². The molecular weight excluding hydrogens is 269 g/mol. The Morgan fingerprint density at radius 1 is 1.33 bits per heavy atom. The van der Waals surface area contributed by atoms with Gasteiger partial charge in [-0.15, -0.1) is 0 Å². The molecule has 21 heavy (non-hydrogen) atoms. The van der Waals surface area contributed by atoms with E-state index in [1.165, 1.54) is 6.07 Å². The SMILES string of the molecule is C[C@H](N)c1ccc(OCc2cn3ccccc3n2)c(F)c1. The first-order valence-corrected chi connectivity index (χ1v) is 6.74. The van der Waals surface area contributed by atoms with Crippen LogP contribution in [0.3, 0.4) is 0 Å². The fraction of sp³-hybridized carbons (Fsp3) is 0.188. The van der Waals surface area contributed by atoms with Crippen LogP contribution in [0.25, 0.3) is 5.65 Å². The van der Waals surface area contributed by atoms with Crippen molar-refractivity contribution in [2.24, 2.45) is 5.73 Å². The predicted molar refractivity (Wildman–Crippen MR) is 78.5 cm³/mol. The Morgan fingerprint density at radius 2 is 2.19 bits per heavy atom. The number of rotatable bonds is 4. The summed E-state index contributed by atoms with van der Waals surface area (Å²) in [5, 5.41) is 0. The Bertz CT molecular complexity index is 734. The summed E-state index contributed by atoms with van der Waals surface area (Å²) < 4.78 is 21.3. The van der Waals surface area contributed by atoms with E-state index in [1.54, 1.807) is 12.1 Å². The molecule has 0 aliphatic carbocycles. The molecule has 0 amide bonds. The summed E-state index contributed by atoms with van der Waals surface area (Å²) >= 11 is 0. The summed E-state index contributed by atoms with van der Waals surface area (Å²) in [5.74, 6) is -0.204. The average molecular weight is 285 g/mol. The minimum Gasteiger partial charge on any atom is -0.484 e. The van der Waals surface area contributed by atoms with E-state index in [-0.39, 0.29) is 18.4 Å². The second kappa shape index (κ2) is 5.54. The minimum absolute atomic E-state index is 0.202. The molecule has 0 saturated heterocycles. The number of hydrogen-bond acceptors (Lipinski definition) is 3. The Labute approximate surface area is 122 Å². The van der Waals surface area contributed by atoms with Gasteiger partial charge in [-0.3, -0.25) is 0 Å². The van der Waals surface area contributed by atoms with Gasteiger partial charge in [-0.2, -0.15) is 0 Å². The van der Waals surface area contributed by atoms with Crippen LogP contribution >= 0.6 is 0 Å². The molecule has 0 spiro atoms. The lowest BCUT2D eigenvalue weighted by Gasteiger charge is -2.09. The quantitative estimate of drug-likeness (QED) is 0.801. The van der Waals surface area contributed by atoms with Crippen LogP contribution < -0.4 is 10.5 Å². The molecule has 0 fully saturated rings. The number of ether oxygens (including phenoxy) is 1. The zero-order valence-electron chi connectivity index (χ0n) is 11.7. The molecule has 0 radical (unpaired) electrons. The zero-order valence-corrected chi connectivity index (χ0v) is 11.7. The highest BCUT2D eigenvalue weighted by molar-refractivity contribution is 5.39. The van der Waals surface area contributed by atoms with Crippen LogP contribution in [0.5, 0.6) is 5.75 Å². The maximum atomic E-state index is 13.9. The van der Waals surface area contributed by atoms with Crippen molar-refractivity contribution in [1.82, 2.24) is 9.38 Å². The van der Waals surface area contributed by atoms with Gasteiger partial charge < -0.3 is 14.9 Å². The van der Waals surface area contributed by atoms with Gasteiger partial charge in [0.05, 0.1) is 5.69 Å². The maximum absolute atomic E-state index is 13.9. The van der Waals surface area contributed by atoms with Crippen LogP contribution in [-0.4, -0.2) is 9.38 Å². The highest BCUT2D eigenvalue weighted by Gasteiger charge is 2.08. The molecule has 3 aromatic rings. The molecule has 1 atom stereocenters. The van der Waals surface area contributed by atoms with Crippen LogP contribution in [0.2, 0.25) is 0 Å². The number of fused-ring (bicyclic) bond motifs is 1. The summed E-state index contributed by atoms with van der Waals surface area (Å²) in [5.41, 5.74) is 8.05. The number of benzene rings is 1. The molecule has 5 heteroatoms. The molecule has 0 saturated carbocycles. The molecule has 0 aliphatic heterocycles. The maximum Gasteiger partial charge on any atom is 0.165 e. The van der Waals surface area contributed by atoms with Gasteiger partial charge in [0, 0.05) is 18.4 Å². The fourth-order valence-corrected chi connectivity index (χ4v) is 2.13. The normalized spacial score (nSPS) is 12.5. The van der Waals surface area contributed by atoms with E-state index in [0.29, 0.717) is 0 Å². The molecule has 0 bridgehead atoms. The minimum atomic E-state index is -0.409. The number of hydrogen-bond donors (Lipinski definition) is 1. The lowest BCUT2D eigenvalue weighted by Crippen LogP contribution is -2.06. The molecule has 2 aromatic heterocycles. The van der Waals surface area contributed by atoms with E-state index in [4.69, 9.17) is 10.5 Å². The van der Waals surface area contributed by atoms with E-state index in [9.17, 15) is 4.39 Å². The van der Waals surface area contributed by atoms with Gasteiger partial charge in [0.2, 0.25) is 0 Å². The van der Waals surface area contributed by atoms with Gasteiger partial charge >= 0.3 is 0 Å². The molecular formula is C16H16FN3O. The van der Waals surface area contributed by atoms with Gasteiger partial charge in [-0.1, -0.05) is 12.1 Å². The van der Waals surface area contributed by atoms with Crippen molar-refractivity contribution in [3.8, 4) is 5.75 Å². The number of pyridine rings is 1. The first-order valence-electron chi connectivity index (χ1n) is 6.74. The predicted octanol–water partition coefficient (Wildman–Crippen LogP) is 3.07. The Balaban J connectivity index is 1.75. The highest BCUT2D eigenvalue weighted by atomic mass is 19.1. The second-order valence-corrected chi connectivity index (χ2v) is 4.97. The number of nitrogens with zero attached hydrogens (tertiary/aromatic N) is 2. The van der Waals surface area contributed by atoms with E-state index in [2.05, 4.69) is 4.98 Å². The first kappa shape index (κ1) is 13.6. The lowest BCUT2D eigenvalue weighted by molar-refractivity contribution is 0.286. The van der Waals surface area contributed by atoms with Gasteiger partial charge in [-0.05, 0) is 36.8 Å². The number of aromatic nitrogens is 2. The first-order chi connectivity index (χ1) is 10.1. The summed E-state index contributed by atoms with van der Waals surface area (Å²) in [6.45, 7) is 2.03. The van der Waals surface area contributed by atoms with Crippen LogP contribution in [0.4, 0.5) is 4.39 Å². The van der Waals surface area contributed by atoms with E-state index >= 15 is 0 Å². The molecule has 1 aromatic carbocycles. The third kappa shape index (κ3) is 2.87. The van der Waals surface area contributed by atoms with Crippen LogP contribution in [-0.2, 0) is 6.61 Å². The molecule has 108 valence electrons. The smallest absolute Gasteiger partial charge is 0.165 e.